The van der Waals surface area contributed by atoms with Crippen molar-refractivity contribution < 1.29 is 18.8 Å². The molecule has 8 heteroatoms. The van der Waals surface area contributed by atoms with Gasteiger partial charge in [-0.3, -0.25) is 14.4 Å². The van der Waals surface area contributed by atoms with Crippen molar-refractivity contribution in [2.45, 2.75) is 37.9 Å². The lowest BCUT2D eigenvalue weighted by Crippen LogP contribution is -2.66. The summed E-state index contributed by atoms with van der Waals surface area (Å²) in [6.07, 6.45) is 0.954. The number of anilines is 1. The Hall–Kier alpha value is -3.26. The van der Waals surface area contributed by atoms with Crippen LogP contribution < -0.4 is 21.3 Å². The van der Waals surface area contributed by atoms with E-state index in [1.807, 2.05) is 30.3 Å². The first-order chi connectivity index (χ1) is 14.3. The molecule has 0 radical (unpaired) electrons. The molecule has 3 atom stereocenters. The zero-order valence-electron chi connectivity index (χ0n) is 16.7. The van der Waals surface area contributed by atoms with Crippen molar-refractivity contribution in [2.75, 3.05) is 11.4 Å². The van der Waals surface area contributed by atoms with Crippen molar-refractivity contribution in [2.24, 2.45) is 5.73 Å². The highest BCUT2D eigenvalue weighted by Crippen LogP contribution is 2.22. The Morgan fingerprint density at radius 1 is 1.13 bits per heavy atom. The van der Waals surface area contributed by atoms with Gasteiger partial charge in [-0.2, -0.15) is 0 Å². The van der Waals surface area contributed by atoms with E-state index in [2.05, 4.69) is 10.6 Å². The Labute approximate surface area is 174 Å². The molecule has 0 saturated carbocycles. The maximum Gasteiger partial charge on any atom is 0.251 e. The molecule has 2 aromatic carbocycles. The van der Waals surface area contributed by atoms with Crippen molar-refractivity contribution >= 4 is 23.4 Å². The predicted octanol–water partition coefficient (Wildman–Crippen LogP) is 1.12. The molecule has 3 amide bonds. The number of nitrogens with one attached hydrogen (secondary N) is 2. The number of β-lactam (4-membered cyclic amide) rings is 1. The van der Waals surface area contributed by atoms with Crippen LogP contribution in [0, 0.1) is 5.82 Å². The molecule has 0 aromatic heterocycles. The molecule has 0 spiro atoms. The lowest BCUT2D eigenvalue weighted by Gasteiger charge is -2.39. The number of amides is 3. The van der Waals surface area contributed by atoms with Crippen molar-refractivity contribution in [3.8, 4) is 0 Å². The zero-order chi connectivity index (χ0) is 21.7. The quantitative estimate of drug-likeness (QED) is 0.565. The molecular formula is C22H25FN4O3. The minimum absolute atomic E-state index is 0.281. The van der Waals surface area contributed by atoms with Gasteiger partial charge in [0.15, 0.2) is 0 Å². The van der Waals surface area contributed by atoms with E-state index in [1.165, 1.54) is 36.1 Å². The molecular weight excluding hydrogens is 387 g/mol. The fraction of sp³-hybridized carbons (Fsp3) is 0.318. The lowest BCUT2D eigenvalue weighted by atomic mass is 10.0. The van der Waals surface area contributed by atoms with E-state index in [9.17, 15) is 18.8 Å². The van der Waals surface area contributed by atoms with E-state index in [0.717, 1.165) is 5.56 Å². The van der Waals surface area contributed by atoms with Crippen LogP contribution in [0.2, 0.25) is 0 Å². The van der Waals surface area contributed by atoms with E-state index in [1.54, 1.807) is 0 Å². The van der Waals surface area contributed by atoms with Crippen LogP contribution in [0.25, 0.3) is 0 Å². The number of hydrogen-bond donors (Lipinski definition) is 3. The first-order valence-electron chi connectivity index (χ1n) is 9.82. The Balaban J connectivity index is 1.60. The number of nitrogens with zero attached hydrogens (tertiary/aromatic N) is 1. The summed E-state index contributed by atoms with van der Waals surface area (Å²) in [6, 6.07) is 12.9. The van der Waals surface area contributed by atoms with E-state index in [-0.39, 0.29) is 18.3 Å². The largest absolute Gasteiger partial charge is 0.343 e. The van der Waals surface area contributed by atoms with Crippen molar-refractivity contribution in [1.29, 1.82) is 0 Å². The minimum Gasteiger partial charge on any atom is -0.343 e. The van der Waals surface area contributed by atoms with Gasteiger partial charge in [0.2, 0.25) is 11.8 Å². The average molecular weight is 412 g/mol. The van der Waals surface area contributed by atoms with Gasteiger partial charge in [-0.05, 0) is 49.6 Å². The summed E-state index contributed by atoms with van der Waals surface area (Å²) in [5, 5.41) is 5.36. The predicted molar refractivity (Wildman–Crippen MR) is 111 cm³/mol. The number of hydrogen-bond acceptors (Lipinski definition) is 4. The number of aryl methyl sites for hydroxylation is 1. The zero-order valence-corrected chi connectivity index (χ0v) is 16.7. The average Bonchev–Trinajstić information content (AvgIpc) is 2.74. The number of carbonyl (C=O) groups excluding carboxylic acids is 3. The monoisotopic (exact) mass is 412 g/mol. The number of benzene rings is 2. The maximum atomic E-state index is 13.1. The van der Waals surface area contributed by atoms with Gasteiger partial charge >= 0.3 is 0 Å². The Morgan fingerprint density at radius 3 is 2.40 bits per heavy atom. The van der Waals surface area contributed by atoms with Gasteiger partial charge in [-0.15, -0.1) is 0 Å². The highest BCUT2D eigenvalue weighted by Gasteiger charge is 2.39. The van der Waals surface area contributed by atoms with E-state index < -0.39 is 29.9 Å². The standard InChI is InChI=1S/C22H25FN4O3/c1-14(24)20(28)25-18(12-7-15-5-3-2-4-6-15)21(29)26-19-13-27(22(19)30)17-10-8-16(23)9-11-17/h2-6,8-11,14,18-19H,7,12-13,24H2,1H3,(H,25,28)(H,26,29)/t14-,18-,19-/m0/s1. The summed E-state index contributed by atoms with van der Waals surface area (Å²) in [5.41, 5.74) is 7.22. The lowest BCUT2D eigenvalue weighted by molar-refractivity contribution is -0.133. The van der Waals surface area contributed by atoms with Gasteiger partial charge < -0.3 is 21.3 Å². The highest BCUT2D eigenvalue weighted by molar-refractivity contribution is 6.06. The van der Waals surface area contributed by atoms with Crippen LogP contribution in [0.4, 0.5) is 10.1 Å². The van der Waals surface area contributed by atoms with Crippen molar-refractivity contribution in [3.05, 3.63) is 66.0 Å². The maximum absolute atomic E-state index is 13.1. The number of carbonyl (C=O) groups is 3. The summed E-state index contributed by atoms with van der Waals surface area (Å²) >= 11 is 0. The van der Waals surface area contributed by atoms with Crippen LogP contribution >= 0.6 is 0 Å². The second-order valence-corrected chi connectivity index (χ2v) is 7.36. The first-order valence-corrected chi connectivity index (χ1v) is 9.82. The molecule has 3 rings (SSSR count). The van der Waals surface area contributed by atoms with Gasteiger partial charge in [-0.1, -0.05) is 30.3 Å². The number of nitrogens with two attached hydrogens (primary N) is 1. The van der Waals surface area contributed by atoms with Gasteiger partial charge in [0.05, 0.1) is 12.6 Å². The van der Waals surface area contributed by atoms with Crippen molar-refractivity contribution in [3.63, 3.8) is 0 Å². The molecule has 1 fully saturated rings. The SMILES string of the molecule is C[C@H](N)C(=O)N[C@@H](CCc1ccccc1)C(=O)N[C@H]1CN(c2ccc(F)cc2)C1=O. The Bertz CT molecular complexity index is 902. The van der Waals surface area contributed by atoms with Crippen LogP contribution in [0.5, 0.6) is 0 Å². The molecule has 30 heavy (non-hydrogen) atoms. The van der Waals surface area contributed by atoms with Gasteiger partial charge in [-0.25, -0.2) is 4.39 Å². The molecule has 1 saturated heterocycles. The van der Waals surface area contributed by atoms with Crippen molar-refractivity contribution in [1.82, 2.24) is 10.6 Å². The third kappa shape index (κ3) is 5.21. The normalized spacial score (nSPS) is 17.6. The van der Waals surface area contributed by atoms with E-state index in [4.69, 9.17) is 5.73 Å². The third-order valence-electron chi connectivity index (χ3n) is 5.00. The second-order valence-electron chi connectivity index (χ2n) is 7.36. The van der Waals surface area contributed by atoms with Gasteiger partial charge in [0, 0.05) is 5.69 Å². The molecule has 4 N–H and O–H groups in total. The van der Waals surface area contributed by atoms with Gasteiger partial charge in [0.25, 0.3) is 5.91 Å². The molecule has 1 aliphatic rings. The Kier molecular flexibility index (Phi) is 6.79. The molecule has 0 unspecified atom stereocenters. The van der Waals surface area contributed by atoms with E-state index >= 15 is 0 Å². The molecule has 7 nitrogen and oxygen atoms in total. The second kappa shape index (κ2) is 9.49. The summed E-state index contributed by atoms with van der Waals surface area (Å²) in [5.74, 6) is -1.54. The van der Waals surface area contributed by atoms with Gasteiger partial charge in [0.1, 0.15) is 17.9 Å². The third-order valence-corrected chi connectivity index (χ3v) is 5.00. The summed E-state index contributed by atoms with van der Waals surface area (Å²) in [6.45, 7) is 1.82. The Morgan fingerprint density at radius 2 is 1.80 bits per heavy atom. The molecule has 158 valence electrons. The molecule has 0 bridgehead atoms. The highest BCUT2D eigenvalue weighted by atomic mass is 19.1. The van der Waals surface area contributed by atoms with E-state index in [0.29, 0.717) is 18.5 Å². The molecule has 0 aliphatic carbocycles. The first kappa shape index (κ1) is 21.4. The summed E-state index contributed by atoms with van der Waals surface area (Å²) in [4.78, 5) is 38.7. The summed E-state index contributed by atoms with van der Waals surface area (Å²) in [7, 11) is 0. The fourth-order valence-electron chi connectivity index (χ4n) is 3.19. The smallest absolute Gasteiger partial charge is 0.251 e. The van der Waals surface area contributed by atoms with Crippen LogP contribution in [0.15, 0.2) is 54.6 Å². The summed E-state index contributed by atoms with van der Waals surface area (Å²) < 4.78 is 13.1. The minimum atomic E-state index is -0.809. The number of halogens is 1. The topological polar surface area (TPSA) is 105 Å². The van der Waals surface area contributed by atoms with Crippen LogP contribution in [0.1, 0.15) is 18.9 Å². The number of rotatable bonds is 8. The fourth-order valence-corrected chi connectivity index (χ4v) is 3.19. The molecule has 2 aromatic rings. The molecule has 1 heterocycles. The van der Waals surface area contributed by atoms with Crippen LogP contribution in [-0.4, -0.2) is 42.4 Å². The van der Waals surface area contributed by atoms with Crippen LogP contribution in [-0.2, 0) is 20.8 Å². The van der Waals surface area contributed by atoms with Crippen LogP contribution in [0.3, 0.4) is 0 Å². The molecule has 1 aliphatic heterocycles.